The fourth-order valence-corrected chi connectivity index (χ4v) is 2.04. The quantitative estimate of drug-likeness (QED) is 0.502. The Morgan fingerprint density at radius 2 is 1.73 bits per heavy atom. The SMILES string of the molecule is CCC1=C(C)C[C@@H](C)C(C)C1. The molecule has 0 amide bonds. The molecule has 1 unspecified atom stereocenters. The van der Waals surface area contributed by atoms with Crippen molar-refractivity contribution in [2.24, 2.45) is 11.8 Å². The molecule has 1 aliphatic carbocycles. The van der Waals surface area contributed by atoms with Gasteiger partial charge in [0.05, 0.1) is 0 Å². The summed E-state index contributed by atoms with van der Waals surface area (Å²) in [5.41, 5.74) is 3.38. The third kappa shape index (κ3) is 1.85. The highest BCUT2D eigenvalue weighted by molar-refractivity contribution is 5.16. The Bertz CT molecular complexity index is 165. The van der Waals surface area contributed by atoms with Crippen molar-refractivity contribution in [3.63, 3.8) is 0 Å². The fraction of sp³-hybridized carbons (Fsp3) is 0.818. The second-order valence-corrected chi connectivity index (χ2v) is 4.10. The Labute approximate surface area is 70.7 Å². The van der Waals surface area contributed by atoms with Crippen LogP contribution in [0, 0.1) is 11.8 Å². The Balaban J connectivity index is 2.70. The summed E-state index contributed by atoms with van der Waals surface area (Å²) in [6.07, 6.45) is 3.96. The Morgan fingerprint density at radius 3 is 2.27 bits per heavy atom. The zero-order valence-corrected chi connectivity index (χ0v) is 8.28. The zero-order chi connectivity index (χ0) is 8.43. The Kier molecular flexibility index (Phi) is 2.75. The minimum atomic E-state index is 0.908. The van der Waals surface area contributed by atoms with Gasteiger partial charge in [-0.15, -0.1) is 0 Å². The van der Waals surface area contributed by atoms with Crippen LogP contribution in [0.3, 0.4) is 0 Å². The van der Waals surface area contributed by atoms with Gasteiger partial charge >= 0.3 is 0 Å². The number of allylic oxidation sites excluding steroid dienone is 2. The molecule has 0 radical (unpaired) electrons. The molecule has 0 aliphatic heterocycles. The van der Waals surface area contributed by atoms with Gasteiger partial charge in [-0.3, -0.25) is 0 Å². The normalized spacial score (nSPS) is 32.7. The molecule has 2 atom stereocenters. The molecule has 0 saturated carbocycles. The second kappa shape index (κ2) is 3.42. The van der Waals surface area contributed by atoms with Crippen molar-refractivity contribution >= 4 is 0 Å². The van der Waals surface area contributed by atoms with E-state index in [-0.39, 0.29) is 0 Å². The van der Waals surface area contributed by atoms with Gasteiger partial charge in [-0.1, -0.05) is 31.9 Å². The molecule has 64 valence electrons. The average Bonchev–Trinajstić information content (AvgIpc) is 1.97. The highest BCUT2D eigenvalue weighted by Gasteiger charge is 2.20. The monoisotopic (exact) mass is 152 g/mol. The van der Waals surface area contributed by atoms with Crippen molar-refractivity contribution in [2.45, 2.75) is 47.0 Å². The van der Waals surface area contributed by atoms with Crippen LogP contribution in [-0.2, 0) is 0 Å². The summed E-state index contributed by atoms with van der Waals surface area (Å²) in [4.78, 5) is 0. The first kappa shape index (κ1) is 8.83. The summed E-state index contributed by atoms with van der Waals surface area (Å²) in [7, 11) is 0. The molecule has 0 heteroatoms. The van der Waals surface area contributed by atoms with Crippen molar-refractivity contribution in [1.29, 1.82) is 0 Å². The molecule has 0 aromatic heterocycles. The van der Waals surface area contributed by atoms with Crippen LogP contribution in [0.25, 0.3) is 0 Å². The third-order valence-electron chi connectivity index (χ3n) is 3.20. The van der Waals surface area contributed by atoms with E-state index in [4.69, 9.17) is 0 Å². The molecular weight excluding hydrogens is 132 g/mol. The lowest BCUT2D eigenvalue weighted by molar-refractivity contribution is 0.355. The molecule has 11 heavy (non-hydrogen) atoms. The van der Waals surface area contributed by atoms with Gasteiger partial charge in [-0.25, -0.2) is 0 Å². The van der Waals surface area contributed by atoms with Crippen molar-refractivity contribution in [3.8, 4) is 0 Å². The van der Waals surface area contributed by atoms with Crippen molar-refractivity contribution in [3.05, 3.63) is 11.1 Å². The first-order valence-electron chi connectivity index (χ1n) is 4.82. The second-order valence-electron chi connectivity index (χ2n) is 4.10. The number of hydrogen-bond acceptors (Lipinski definition) is 0. The highest BCUT2D eigenvalue weighted by Crippen LogP contribution is 2.34. The highest BCUT2D eigenvalue weighted by atomic mass is 14.3. The van der Waals surface area contributed by atoms with E-state index in [0.717, 1.165) is 11.8 Å². The van der Waals surface area contributed by atoms with Crippen LogP contribution in [0.4, 0.5) is 0 Å². The lowest BCUT2D eigenvalue weighted by Gasteiger charge is -2.28. The molecule has 1 aliphatic rings. The molecule has 0 N–H and O–H groups in total. The Morgan fingerprint density at radius 1 is 1.18 bits per heavy atom. The van der Waals surface area contributed by atoms with Gasteiger partial charge in [0.2, 0.25) is 0 Å². The molecular formula is C11H20. The van der Waals surface area contributed by atoms with E-state index >= 15 is 0 Å². The van der Waals surface area contributed by atoms with Crippen LogP contribution in [0.2, 0.25) is 0 Å². The van der Waals surface area contributed by atoms with Crippen LogP contribution < -0.4 is 0 Å². The molecule has 1 rings (SSSR count). The standard InChI is InChI=1S/C11H20/c1-5-11-7-9(3)8(2)6-10(11)4/h8-9H,5-7H2,1-4H3/t8-,9?/m1/s1. The molecule has 0 spiro atoms. The van der Waals surface area contributed by atoms with E-state index in [0.29, 0.717) is 0 Å². The summed E-state index contributed by atoms with van der Waals surface area (Å²) in [6, 6.07) is 0. The lowest BCUT2D eigenvalue weighted by Crippen LogP contribution is -2.15. The van der Waals surface area contributed by atoms with Crippen LogP contribution in [0.15, 0.2) is 11.1 Å². The van der Waals surface area contributed by atoms with Gasteiger partial charge in [0, 0.05) is 0 Å². The van der Waals surface area contributed by atoms with Crippen LogP contribution >= 0.6 is 0 Å². The maximum atomic E-state index is 2.38. The molecule has 0 aromatic rings. The maximum absolute atomic E-state index is 2.38. The first-order valence-corrected chi connectivity index (χ1v) is 4.82. The molecule has 0 fully saturated rings. The van der Waals surface area contributed by atoms with Gasteiger partial charge in [-0.05, 0) is 38.0 Å². The van der Waals surface area contributed by atoms with Gasteiger partial charge in [0.1, 0.15) is 0 Å². The summed E-state index contributed by atoms with van der Waals surface area (Å²) in [5, 5.41) is 0. The molecule has 0 saturated heterocycles. The van der Waals surface area contributed by atoms with E-state index in [9.17, 15) is 0 Å². The molecule has 0 nitrogen and oxygen atoms in total. The fourth-order valence-electron chi connectivity index (χ4n) is 2.04. The van der Waals surface area contributed by atoms with E-state index < -0.39 is 0 Å². The van der Waals surface area contributed by atoms with Crippen molar-refractivity contribution in [2.75, 3.05) is 0 Å². The summed E-state index contributed by atoms with van der Waals surface area (Å²) in [5.74, 6) is 1.82. The summed E-state index contributed by atoms with van der Waals surface area (Å²) >= 11 is 0. The topological polar surface area (TPSA) is 0 Å². The molecule has 0 aromatic carbocycles. The minimum absolute atomic E-state index is 0.908. The third-order valence-corrected chi connectivity index (χ3v) is 3.20. The van der Waals surface area contributed by atoms with E-state index in [1.54, 1.807) is 11.1 Å². The Hall–Kier alpha value is -0.260. The number of hydrogen-bond donors (Lipinski definition) is 0. The minimum Gasteiger partial charge on any atom is -0.0738 e. The van der Waals surface area contributed by atoms with Gasteiger partial charge in [0.25, 0.3) is 0 Å². The van der Waals surface area contributed by atoms with Gasteiger partial charge < -0.3 is 0 Å². The van der Waals surface area contributed by atoms with Crippen LogP contribution in [0.1, 0.15) is 47.0 Å². The average molecular weight is 152 g/mol. The summed E-state index contributed by atoms with van der Waals surface area (Å²) < 4.78 is 0. The first-order chi connectivity index (χ1) is 5.15. The van der Waals surface area contributed by atoms with Crippen molar-refractivity contribution in [1.82, 2.24) is 0 Å². The predicted molar refractivity (Wildman–Crippen MR) is 50.6 cm³/mol. The summed E-state index contributed by atoms with van der Waals surface area (Å²) in [6.45, 7) is 9.34. The number of rotatable bonds is 1. The van der Waals surface area contributed by atoms with Crippen molar-refractivity contribution < 1.29 is 0 Å². The van der Waals surface area contributed by atoms with Gasteiger partial charge in [0.15, 0.2) is 0 Å². The smallest absolute Gasteiger partial charge is 0.0289 e. The van der Waals surface area contributed by atoms with E-state index in [1.165, 1.54) is 19.3 Å². The predicted octanol–water partition coefficient (Wildman–Crippen LogP) is 3.78. The van der Waals surface area contributed by atoms with Crippen LogP contribution in [-0.4, -0.2) is 0 Å². The van der Waals surface area contributed by atoms with E-state index in [1.807, 2.05) is 0 Å². The molecule has 0 bridgehead atoms. The lowest BCUT2D eigenvalue weighted by atomic mass is 9.77. The van der Waals surface area contributed by atoms with Gasteiger partial charge in [-0.2, -0.15) is 0 Å². The van der Waals surface area contributed by atoms with E-state index in [2.05, 4.69) is 27.7 Å². The maximum Gasteiger partial charge on any atom is -0.0289 e. The zero-order valence-electron chi connectivity index (χ0n) is 8.28. The molecule has 0 heterocycles. The largest absolute Gasteiger partial charge is 0.0738 e. The van der Waals surface area contributed by atoms with Crippen LogP contribution in [0.5, 0.6) is 0 Å².